The summed E-state index contributed by atoms with van der Waals surface area (Å²) in [4.78, 5) is 49.6. The van der Waals surface area contributed by atoms with Crippen LogP contribution in [0.1, 0.15) is 18.7 Å². The maximum Gasteiger partial charge on any atom is 0.231 e. The van der Waals surface area contributed by atoms with E-state index < -0.39 is 20.2 Å². The fourth-order valence-corrected chi connectivity index (χ4v) is 3.62. The van der Waals surface area contributed by atoms with E-state index in [2.05, 4.69) is 108 Å². The normalized spacial score (nSPS) is 10.6. The van der Waals surface area contributed by atoms with Crippen molar-refractivity contribution >= 4 is 65.4 Å². The summed E-state index contributed by atoms with van der Waals surface area (Å²) in [6.07, 6.45) is 1.60. The van der Waals surface area contributed by atoms with Gasteiger partial charge in [-0.05, 0) is 19.8 Å². The molecule has 0 saturated heterocycles. The van der Waals surface area contributed by atoms with Gasteiger partial charge in [-0.25, -0.2) is 0 Å². The third-order valence-corrected chi connectivity index (χ3v) is 5.56. The number of rotatable bonds is 21. The SMILES string of the molecule is Cc1nc(NCCCCNc2nc(N)nc(N)n2)nc(NCNc2nc(NCO)nc(NCNc3nc(NCO)nc(NCO)n3)n2)n1. The number of nitrogen functional groups attached to an aromatic ring is 2. The van der Waals surface area contributed by atoms with Gasteiger partial charge in [-0.1, -0.05) is 0 Å². The number of nitrogens with one attached hydrogen (secondary N) is 9. The van der Waals surface area contributed by atoms with Crippen molar-refractivity contribution in [3.8, 4) is 0 Å². The van der Waals surface area contributed by atoms with Crippen LogP contribution in [0, 0.1) is 6.92 Å². The number of unbranched alkanes of at least 4 members (excludes halogenated alkanes) is 1. The molecule has 4 aromatic heterocycles. The van der Waals surface area contributed by atoms with Gasteiger partial charge in [0, 0.05) is 13.1 Å². The van der Waals surface area contributed by atoms with Gasteiger partial charge in [0.2, 0.25) is 65.4 Å². The zero-order chi connectivity index (χ0) is 34.1. The number of anilines is 11. The Labute approximate surface area is 272 Å². The molecule has 26 nitrogen and oxygen atoms in total. The molecule has 4 rings (SSSR count). The molecule has 26 heteroatoms. The van der Waals surface area contributed by atoms with Crippen LogP contribution in [0.5, 0.6) is 0 Å². The van der Waals surface area contributed by atoms with Crippen molar-refractivity contribution in [3.63, 3.8) is 0 Å². The molecule has 0 spiro atoms. The third kappa shape index (κ3) is 11.6. The molecule has 0 aliphatic carbocycles. The number of hydrogen-bond acceptors (Lipinski definition) is 26. The van der Waals surface area contributed by atoms with E-state index >= 15 is 0 Å². The first-order valence-corrected chi connectivity index (χ1v) is 14.3. The lowest BCUT2D eigenvalue weighted by Crippen LogP contribution is -2.21. The topological polar surface area (TPSA) is 376 Å². The molecule has 258 valence electrons. The monoisotopic (exact) mass is 671 g/mol. The molecule has 4 heterocycles. The Kier molecular flexibility index (Phi) is 13.0. The Morgan fingerprint density at radius 3 is 1.04 bits per heavy atom. The summed E-state index contributed by atoms with van der Waals surface area (Å²) in [5, 5.41) is 53.4. The summed E-state index contributed by atoms with van der Waals surface area (Å²) in [6, 6.07) is 0. The number of aliphatic hydroxyl groups is 3. The zero-order valence-electron chi connectivity index (χ0n) is 25.7. The van der Waals surface area contributed by atoms with Crippen molar-refractivity contribution in [2.75, 3.05) is 106 Å². The van der Waals surface area contributed by atoms with E-state index in [0.29, 0.717) is 36.8 Å². The minimum absolute atomic E-state index is 0.0531. The molecule has 48 heavy (non-hydrogen) atoms. The van der Waals surface area contributed by atoms with Gasteiger partial charge >= 0.3 is 0 Å². The first-order valence-electron chi connectivity index (χ1n) is 14.3. The fraction of sp³-hybridized carbons (Fsp3) is 0.455. The van der Waals surface area contributed by atoms with Crippen LogP contribution in [0.15, 0.2) is 0 Å². The predicted molar refractivity (Wildman–Crippen MR) is 175 cm³/mol. The molecule has 0 radical (unpaired) electrons. The van der Waals surface area contributed by atoms with Gasteiger partial charge < -0.3 is 74.6 Å². The molecule has 0 unspecified atom stereocenters. The maximum absolute atomic E-state index is 9.32. The Hall–Kier alpha value is -6.28. The molecular weight excluding hydrogens is 634 g/mol. The average Bonchev–Trinajstić information content (AvgIpc) is 3.02. The highest BCUT2D eigenvalue weighted by Crippen LogP contribution is 2.12. The van der Waals surface area contributed by atoms with E-state index in [-0.39, 0.29) is 60.9 Å². The van der Waals surface area contributed by atoms with Gasteiger partial charge in [-0.2, -0.15) is 59.8 Å². The minimum atomic E-state index is -0.411. The predicted octanol–water partition coefficient (Wildman–Crippen LogP) is -2.75. The summed E-state index contributed by atoms with van der Waals surface area (Å²) in [7, 11) is 0. The van der Waals surface area contributed by atoms with Crippen molar-refractivity contribution in [3.05, 3.63) is 5.82 Å². The lowest BCUT2D eigenvalue weighted by Gasteiger charge is -2.13. The van der Waals surface area contributed by atoms with E-state index in [1.54, 1.807) is 6.92 Å². The van der Waals surface area contributed by atoms with Crippen LogP contribution < -0.4 is 59.3 Å². The Bertz CT molecular complexity index is 1550. The summed E-state index contributed by atoms with van der Waals surface area (Å²) in [6.45, 7) is 1.93. The molecule has 0 aliphatic heterocycles. The Morgan fingerprint density at radius 2 is 0.688 bits per heavy atom. The third-order valence-electron chi connectivity index (χ3n) is 5.56. The number of nitrogens with zero attached hydrogens (tertiary/aromatic N) is 12. The molecule has 0 amide bonds. The summed E-state index contributed by atoms with van der Waals surface area (Å²) in [5.74, 6) is 2.35. The number of hydrogen-bond donors (Lipinski definition) is 14. The molecule has 0 fully saturated rings. The van der Waals surface area contributed by atoms with Crippen molar-refractivity contribution in [2.24, 2.45) is 0 Å². The minimum Gasteiger partial charge on any atom is -0.376 e. The van der Waals surface area contributed by atoms with E-state index in [0.717, 1.165) is 12.8 Å². The smallest absolute Gasteiger partial charge is 0.231 e. The zero-order valence-corrected chi connectivity index (χ0v) is 25.7. The van der Waals surface area contributed by atoms with E-state index in [1.807, 2.05) is 0 Å². The van der Waals surface area contributed by atoms with E-state index in [9.17, 15) is 5.11 Å². The second-order valence-corrected chi connectivity index (χ2v) is 9.14. The quantitative estimate of drug-likeness (QED) is 0.0315. The Morgan fingerprint density at radius 1 is 0.396 bits per heavy atom. The van der Waals surface area contributed by atoms with Crippen LogP contribution in [0.2, 0.25) is 0 Å². The summed E-state index contributed by atoms with van der Waals surface area (Å²) in [5.41, 5.74) is 11.1. The maximum atomic E-state index is 9.32. The molecule has 0 saturated carbocycles. The molecular formula is C22H37N23O3. The average molecular weight is 672 g/mol. The van der Waals surface area contributed by atoms with Crippen molar-refractivity contribution in [1.29, 1.82) is 0 Å². The van der Waals surface area contributed by atoms with Gasteiger partial charge in [0.1, 0.15) is 26.0 Å². The van der Waals surface area contributed by atoms with Crippen LogP contribution in [-0.4, -0.2) is 122 Å². The Balaban J connectivity index is 1.25. The van der Waals surface area contributed by atoms with E-state index in [4.69, 9.17) is 21.7 Å². The summed E-state index contributed by atoms with van der Waals surface area (Å²) >= 11 is 0. The number of nitrogens with two attached hydrogens (primary N) is 2. The number of aryl methyl sites for hydroxylation is 1. The first kappa shape index (κ1) is 34.6. The summed E-state index contributed by atoms with van der Waals surface area (Å²) < 4.78 is 0. The van der Waals surface area contributed by atoms with Crippen LogP contribution in [0.25, 0.3) is 0 Å². The van der Waals surface area contributed by atoms with Gasteiger partial charge in [0.15, 0.2) is 0 Å². The molecule has 0 bridgehead atoms. The largest absolute Gasteiger partial charge is 0.376 e. The van der Waals surface area contributed by atoms with Crippen LogP contribution in [-0.2, 0) is 0 Å². The lowest BCUT2D eigenvalue weighted by atomic mass is 10.3. The van der Waals surface area contributed by atoms with Crippen molar-refractivity contribution in [2.45, 2.75) is 19.8 Å². The van der Waals surface area contributed by atoms with Crippen LogP contribution in [0.3, 0.4) is 0 Å². The van der Waals surface area contributed by atoms with Gasteiger partial charge in [-0.3, -0.25) is 0 Å². The molecule has 16 N–H and O–H groups in total. The van der Waals surface area contributed by atoms with E-state index in [1.165, 1.54) is 0 Å². The highest BCUT2D eigenvalue weighted by atomic mass is 16.3. The fourth-order valence-electron chi connectivity index (χ4n) is 3.62. The number of aromatic nitrogens is 12. The van der Waals surface area contributed by atoms with Crippen molar-refractivity contribution < 1.29 is 15.3 Å². The van der Waals surface area contributed by atoms with Crippen LogP contribution >= 0.6 is 0 Å². The lowest BCUT2D eigenvalue weighted by molar-refractivity contribution is 0.323. The first-order chi connectivity index (χ1) is 23.3. The molecule has 0 atom stereocenters. The number of aliphatic hydroxyl groups excluding tert-OH is 3. The van der Waals surface area contributed by atoms with Gasteiger partial charge in [-0.15, -0.1) is 0 Å². The standard InChI is InChI=1S/C22H37N23O3/c1-11-34-14(25-4-2-3-5-26-15-37-12(23)36-13(24)38-15)39-16(35-11)27-6-28-17-40-18(42-20(41-17)31-8-46)29-7-30-19-43-21(32-9-47)45-22(44-19)33-10-48/h46-48H,2-10H2,1H3,(H2,25,27,34,35,39)(H5,23,24,26,36,37,38)(H3,28,29,31,40,41,42)(H3,30,32,33,43,44,45). The highest BCUT2D eigenvalue weighted by molar-refractivity contribution is 5.45. The van der Waals surface area contributed by atoms with Crippen molar-refractivity contribution in [1.82, 2.24) is 59.8 Å². The molecule has 0 aromatic carbocycles. The molecule has 0 aliphatic rings. The second-order valence-electron chi connectivity index (χ2n) is 9.14. The second kappa shape index (κ2) is 18.0. The highest BCUT2D eigenvalue weighted by Gasteiger charge is 2.10. The van der Waals surface area contributed by atoms with Gasteiger partial charge in [0.05, 0.1) is 13.3 Å². The van der Waals surface area contributed by atoms with Gasteiger partial charge in [0.25, 0.3) is 0 Å². The molecule has 4 aromatic rings. The van der Waals surface area contributed by atoms with Crippen LogP contribution in [0.4, 0.5) is 65.4 Å².